The van der Waals surface area contributed by atoms with Crippen LogP contribution in [-0.4, -0.2) is 21.9 Å². The standard InChI is InChI=1S/C19H19ClN2O5/c1-3-11-19(2,13-8-4-5-9-14(13)20)18(25)21-16-12(17(23)24)7-6-10-15(16)22(26)27/h4-10H,3,11H2,1-2H3,(H,21,25)(H,23,24). The first-order valence-electron chi connectivity index (χ1n) is 8.29. The number of rotatable bonds is 7. The molecule has 1 amide bonds. The SMILES string of the molecule is CCCC(C)(C(=O)Nc1c(C(=O)O)cccc1[N+](=O)[O-])c1ccccc1Cl. The van der Waals surface area contributed by atoms with Crippen molar-refractivity contribution in [2.45, 2.75) is 32.1 Å². The van der Waals surface area contributed by atoms with Gasteiger partial charge in [-0.3, -0.25) is 14.9 Å². The van der Waals surface area contributed by atoms with Gasteiger partial charge >= 0.3 is 5.97 Å². The number of benzene rings is 2. The van der Waals surface area contributed by atoms with E-state index in [9.17, 15) is 24.8 Å². The molecule has 0 spiro atoms. The average molecular weight is 391 g/mol. The first-order valence-corrected chi connectivity index (χ1v) is 8.67. The van der Waals surface area contributed by atoms with E-state index < -0.39 is 27.9 Å². The fourth-order valence-electron chi connectivity index (χ4n) is 3.03. The van der Waals surface area contributed by atoms with Crippen molar-refractivity contribution in [3.63, 3.8) is 0 Å². The van der Waals surface area contributed by atoms with Crippen molar-refractivity contribution in [2.75, 3.05) is 5.32 Å². The minimum atomic E-state index is -1.37. The molecular formula is C19H19ClN2O5. The monoisotopic (exact) mass is 390 g/mol. The minimum absolute atomic E-state index is 0.339. The highest BCUT2D eigenvalue weighted by Gasteiger charge is 2.37. The Bertz CT molecular complexity index is 867. The van der Waals surface area contributed by atoms with E-state index in [1.165, 1.54) is 12.1 Å². The second-order valence-electron chi connectivity index (χ2n) is 6.28. The number of nitro benzene ring substituents is 1. The maximum atomic E-state index is 13.1. The van der Waals surface area contributed by atoms with E-state index in [-0.39, 0.29) is 11.3 Å². The zero-order chi connectivity index (χ0) is 20.2. The van der Waals surface area contributed by atoms with Crippen LogP contribution in [0.4, 0.5) is 11.4 Å². The molecule has 0 fully saturated rings. The first-order chi connectivity index (χ1) is 12.7. The van der Waals surface area contributed by atoms with E-state index in [1.807, 2.05) is 6.92 Å². The number of para-hydroxylation sites is 1. The van der Waals surface area contributed by atoms with Crippen molar-refractivity contribution >= 4 is 34.9 Å². The first kappa shape index (κ1) is 20.4. The van der Waals surface area contributed by atoms with E-state index in [0.717, 1.165) is 6.07 Å². The molecule has 0 aliphatic rings. The number of aromatic carboxylic acids is 1. The molecule has 2 rings (SSSR count). The second-order valence-corrected chi connectivity index (χ2v) is 6.69. The van der Waals surface area contributed by atoms with Crippen molar-refractivity contribution in [1.82, 2.24) is 0 Å². The number of carboxylic acid groups (broad SMARTS) is 1. The molecule has 0 radical (unpaired) electrons. The highest BCUT2D eigenvalue weighted by atomic mass is 35.5. The summed E-state index contributed by atoms with van der Waals surface area (Å²) < 4.78 is 0. The van der Waals surface area contributed by atoms with E-state index >= 15 is 0 Å². The van der Waals surface area contributed by atoms with Crippen molar-refractivity contribution in [3.05, 3.63) is 68.7 Å². The van der Waals surface area contributed by atoms with Gasteiger partial charge in [0.05, 0.1) is 15.9 Å². The zero-order valence-corrected chi connectivity index (χ0v) is 15.6. The van der Waals surface area contributed by atoms with E-state index in [2.05, 4.69) is 5.32 Å². The Morgan fingerprint density at radius 3 is 2.44 bits per heavy atom. The van der Waals surface area contributed by atoms with E-state index in [4.69, 9.17) is 11.6 Å². The summed E-state index contributed by atoms with van der Waals surface area (Å²) in [5.74, 6) is -1.93. The van der Waals surface area contributed by atoms with E-state index in [1.54, 1.807) is 31.2 Å². The van der Waals surface area contributed by atoms with Gasteiger partial charge in [0, 0.05) is 11.1 Å². The molecule has 0 aliphatic carbocycles. The minimum Gasteiger partial charge on any atom is -0.478 e. The number of hydrogen-bond donors (Lipinski definition) is 2. The van der Waals surface area contributed by atoms with Crippen molar-refractivity contribution in [3.8, 4) is 0 Å². The fourth-order valence-corrected chi connectivity index (χ4v) is 3.38. The summed E-state index contributed by atoms with van der Waals surface area (Å²) in [4.78, 5) is 35.2. The molecule has 0 aliphatic heterocycles. The Morgan fingerprint density at radius 2 is 1.89 bits per heavy atom. The molecule has 2 N–H and O–H groups in total. The van der Waals surface area contributed by atoms with Gasteiger partial charge < -0.3 is 10.4 Å². The average Bonchev–Trinajstić information content (AvgIpc) is 2.61. The summed E-state index contributed by atoms with van der Waals surface area (Å²) >= 11 is 6.27. The molecule has 2 aromatic carbocycles. The maximum absolute atomic E-state index is 13.1. The lowest BCUT2D eigenvalue weighted by Crippen LogP contribution is -2.38. The van der Waals surface area contributed by atoms with Gasteiger partial charge in [-0.05, 0) is 31.0 Å². The third-order valence-corrected chi connectivity index (χ3v) is 4.76. The van der Waals surface area contributed by atoms with Crippen molar-refractivity contribution in [2.24, 2.45) is 0 Å². The Labute approximate surface area is 161 Å². The molecule has 8 heteroatoms. The molecule has 27 heavy (non-hydrogen) atoms. The van der Waals surface area contributed by atoms with Gasteiger partial charge in [-0.15, -0.1) is 0 Å². The predicted octanol–water partition coefficient (Wildman–Crippen LogP) is 4.64. The Kier molecular flexibility index (Phi) is 6.17. The van der Waals surface area contributed by atoms with Crippen LogP contribution in [0.25, 0.3) is 0 Å². The van der Waals surface area contributed by atoms with Gasteiger partial charge in [-0.2, -0.15) is 0 Å². The molecule has 142 valence electrons. The van der Waals surface area contributed by atoms with Crippen LogP contribution in [0.5, 0.6) is 0 Å². The Balaban J connectivity index is 2.56. The number of nitro groups is 1. The smallest absolute Gasteiger partial charge is 0.338 e. The number of hydrogen-bond acceptors (Lipinski definition) is 4. The van der Waals surface area contributed by atoms with Crippen LogP contribution in [0.3, 0.4) is 0 Å². The van der Waals surface area contributed by atoms with Crippen LogP contribution in [-0.2, 0) is 10.2 Å². The summed E-state index contributed by atoms with van der Waals surface area (Å²) in [5, 5.41) is 23.5. The van der Waals surface area contributed by atoms with Gasteiger partial charge in [0.1, 0.15) is 5.69 Å². The molecule has 2 aromatic rings. The predicted molar refractivity (Wildman–Crippen MR) is 102 cm³/mol. The van der Waals surface area contributed by atoms with Gasteiger partial charge in [0.25, 0.3) is 5.69 Å². The molecule has 0 aromatic heterocycles. The summed E-state index contributed by atoms with van der Waals surface area (Å²) in [6.07, 6.45) is 1.07. The van der Waals surface area contributed by atoms with Crippen LogP contribution >= 0.6 is 11.6 Å². The largest absolute Gasteiger partial charge is 0.478 e. The third-order valence-electron chi connectivity index (χ3n) is 4.43. The van der Waals surface area contributed by atoms with E-state index in [0.29, 0.717) is 23.4 Å². The number of amides is 1. The zero-order valence-electron chi connectivity index (χ0n) is 14.9. The number of anilines is 1. The van der Waals surface area contributed by atoms with Gasteiger partial charge in [-0.1, -0.05) is 49.2 Å². The molecule has 0 saturated heterocycles. The maximum Gasteiger partial charge on any atom is 0.338 e. The quantitative estimate of drug-likeness (QED) is 0.528. The summed E-state index contributed by atoms with van der Waals surface area (Å²) in [6.45, 7) is 3.58. The van der Waals surface area contributed by atoms with Crippen LogP contribution in [0.1, 0.15) is 42.6 Å². The Hall–Kier alpha value is -2.93. The fraction of sp³-hybridized carbons (Fsp3) is 0.263. The van der Waals surface area contributed by atoms with Crippen LogP contribution in [0.2, 0.25) is 5.02 Å². The van der Waals surface area contributed by atoms with Crippen molar-refractivity contribution < 1.29 is 19.6 Å². The lowest BCUT2D eigenvalue weighted by Gasteiger charge is -2.29. The number of carbonyl (C=O) groups is 2. The number of nitrogens with zero attached hydrogens (tertiary/aromatic N) is 1. The summed E-state index contributed by atoms with van der Waals surface area (Å²) in [6, 6.07) is 10.5. The van der Waals surface area contributed by atoms with Gasteiger partial charge in [0.2, 0.25) is 5.91 Å². The second kappa shape index (κ2) is 8.18. The lowest BCUT2D eigenvalue weighted by atomic mass is 9.77. The van der Waals surface area contributed by atoms with Gasteiger partial charge in [-0.25, -0.2) is 4.79 Å². The summed E-state index contributed by atoms with van der Waals surface area (Å²) in [7, 11) is 0. The van der Waals surface area contributed by atoms with Crippen molar-refractivity contribution in [1.29, 1.82) is 0 Å². The molecule has 0 saturated carbocycles. The van der Waals surface area contributed by atoms with Crippen LogP contribution in [0.15, 0.2) is 42.5 Å². The van der Waals surface area contributed by atoms with Crippen LogP contribution < -0.4 is 5.32 Å². The number of carbonyl (C=O) groups excluding carboxylic acids is 1. The van der Waals surface area contributed by atoms with Gasteiger partial charge in [0.15, 0.2) is 0 Å². The molecule has 0 bridgehead atoms. The highest BCUT2D eigenvalue weighted by Crippen LogP contribution is 2.37. The molecule has 0 heterocycles. The molecular weight excluding hydrogens is 372 g/mol. The highest BCUT2D eigenvalue weighted by molar-refractivity contribution is 6.32. The summed E-state index contributed by atoms with van der Waals surface area (Å²) in [5.41, 5.74) is -1.69. The number of nitrogens with one attached hydrogen (secondary N) is 1. The normalized spacial score (nSPS) is 12.9. The topological polar surface area (TPSA) is 110 Å². The third kappa shape index (κ3) is 4.09. The number of halogens is 1. The molecule has 7 nitrogen and oxygen atoms in total. The molecule has 1 unspecified atom stereocenters. The Morgan fingerprint density at radius 1 is 1.22 bits per heavy atom. The number of carboxylic acids is 1. The molecule has 1 atom stereocenters. The van der Waals surface area contributed by atoms with Crippen LogP contribution in [0, 0.1) is 10.1 Å². The lowest BCUT2D eigenvalue weighted by molar-refractivity contribution is -0.384.